The van der Waals surface area contributed by atoms with Gasteiger partial charge in [-0.1, -0.05) is 26.7 Å². The van der Waals surface area contributed by atoms with Gasteiger partial charge in [-0.05, 0) is 36.8 Å². The Morgan fingerprint density at radius 1 is 1.18 bits per heavy atom. The van der Waals surface area contributed by atoms with Gasteiger partial charge in [-0.3, -0.25) is 14.5 Å². The third kappa shape index (κ3) is 5.16. The lowest BCUT2D eigenvalue weighted by Gasteiger charge is -2.42. The topological polar surface area (TPSA) is 57.0 Å². The number of piperazine rings is 1. The average Bonchev–Trinajstić information content (AvgIpc) is 3.36. The Labute approximate surface area is 168 Å². The Bertz CT molecular complexity index is 629. The predicted octanol–water partition coefficient (Wildman–Crippen LogP) is 2.99. The third-order valence-electron chi connectivity index (χ3n) is 6.09. The monoisotopic (exact) mass is 389 g/mol. The van der Waals surface area contributed by atoms with Crippen LogP contribution in [0.5, 0.6) is 0 Å². The molecule has 156 valence electrons. The molecular weight excluding hydrogens is 354 g/mol. The summed E-state index contributed by atoms with van der Waals surface area (Å²) in [6.45, 7) is 7.68. The first-order chi connectivity index (χ1) is 13.5. The molecule has 1 aliphatic heterocycles. The Morgan fingerprint density at radius 2 is 1.86 bits per heavy atom. The number of rotatable bonds is 7. The van der Waals surface area contributed by atoms with E-state index < -0.39 is 0 Å². The van der Waals surface area contributed by atoms with E-state index in [0.717, 1.165) is 44.8 Å². The molecule has 6 heteroatoms. The first-order valence-corrected chi connectivity index (χ1v) is 10.7. The number of carbonyl (C=O) groups excluding carboxylic acids is 2. The van der Waals surface area contributed by atoms with Crippen LogP contribution in [0.25, 0.3) is 0 Å². The summed E-state index contributed by atoms with van der Waals surface area (Å²) < 4.78 is 5.43. The molecule has 2 amide bonds. The maximum Gasteiger partial charge on any atom is 0.240 e. The van der Waals surface area contributed by atoms with Crippen LogP contribution in [0.3, 0.4) is 0 Å². The van der Waals surface area contributed by atoms with Gasteiger partial charge in [0.05, 0.1) is 18.8 Å². The Balaban J connectivity index is 1.64. The fraction of sp³-hybridized carbons (Fsp3) is 0.727. The predicted molar refractivity (Wildman–Crippen MR) is 109 cm³/mol. The molecule has 0 aromatic carbocycles. The number of nitrogens with zero attached hydrogens (tertiary/aromatic N) is 3. The van der Waals surface area contributed by atoms with Gasteiger partial charge in [-0.2, -0.15) is 0 Å². The van der Waals surface area contributed by atoms with Gasteiger partial charge in [0.2, 0.25) is 11.8 Å². The lowest BCUT2D eigenvalue weighted by atomic mass is 9.94. The van der Waals surface area contributed by atoms with Crippen LogP contribution in [0.2, 0.25) is 0 Å². The molecule has 1 aliphatic carbocycles. The number of carbonyl (C=O) groups is 2. The van der Waals surface area contributed by atoms with Crippen molar-refractivity contribution in [2.45, 2.75) is 58.5 Å². The van der Waals surface area contributed by atoms with Crippen LogP contribution in [0.4, 0.5) is 0 Å². The van der Waals surface area contributed by atoms with Gasteiger partial charge in [0, 0.05) is 39.6 Å². The molecule has 2 aliphatic rings. The Kier molecular flexibility index (Phi) is 7.16. The first kappa shape index (κ1) is 20.9. The van der Waals surface area contributed by atoms with Gasteiger partial charge in [0.15, 0.2) is 0 Å². The van der Waals surface area contributed by atoms with Crippen LogP contribution < -0.4 is 0 Å². The average molecular weight is 390 g/mol. The highest BCUT2D eigenvalue weighted by Gasteiger charge is 2.38. The van der Waals surface area contributed by atoms with E-state index in [1.807, 2.05) is 24.1 Å². The van der Waals surface area contributed by atoms with Gasteiger partial charge in [0.1, 0.15) is 5.76 Å². The Hall–Kier alpha value is -1.82. The van der Waals surface area contributed by atoms with Crippen molar-refractivity contribution in [1.82, 2.24) is 14.7 Å². The molecule has 1 saturated carbocycles. The number of hydrogen-bond donors (Lipinski definition) is 0. The van der Waals surface area contributed by atoms with Crippen molar-refractivity contribution < 1.29 is 14.0 Å². The van der Waals surface area contributed by atoms with Crippen molar-refractivity contribution in [3.8, 4) is 0 Å². The second-order valence-electron chi connectivity index (χ2n) is 8.78. The maximum absolute atomic E-state index is 13.4. The maximum atomic E-state index is 13.4. The van der Waals surface area contributed by atoms with Gasteiger partial charge in [0.25, 0.3) is 0 Å². The number of furan rings is 1. The molecule has 1 aromatic rings. The van der Waals surface area contributed by atoms with Crippen molar-refractivity contribution in [2.24, 2.45) is 11.8 Å². The van der Waals surface area contributed by atoms with E-state index in [-0.39, 0.29) is 17.9 Å². The van der Waals surface area contributed by atoms with Crippen LogP contribution in [0.15, 0.2) is 22.8 Å². The molecule has 0 bridgehead atoms. The molecule has 1 unspecified atom stereocenters. The van der Waals surface area contributed by atoms with Crippen LogP contribution >= 0.6 is 0 Å². The van der Waals surface area contributed by atoms with Gasteiger partial charge >= 0.3 is 0 Å². The molecule has 2 fully saturated rings. The van der Waals surface area contributed by atoms with E-state index in [1.54, 1.807) is 11.2 Å². The molecule has 3 rings (SSSR count). The third-order valence-corrected chi connectivity index (χ3v) is 6.09. The van der Waals surface area contributed by atoms with E-state index >= 15 is 0 Å². The molecule has 0 N–H and O–H groups in total. The molecule has 0 radical (unpaired) electrons. The highest BCUT2D eigenvalue weighted by molar-refractivity contribution is 5.82. The minimum atomic E-state index is -0.0789. The Morgan fingerprint density at radius 3 is 2.43 bits per heavy atom. The summed E-state index contributed by atoms with van der Waals surface area (Å²) in [5, 5.41) is 0. The zero-order chi connectivity index (χ0) is 20.1. The highest BCUT2D eigenvalue weighted by atomic mass is 16.3. The molecule has 2 heterocycles. The summed E-state index contributed by atoms with van der Waals surface area (Å²) >= 11 is 0. The summed E-state index contributed by atoms with van der Waals surface area (Å²) in [5.41, 5.74) is 0. The summed E-state index contributed by atoms with van der Waals surface area (Å²) in [7, 11) is 1.87. The lowest BCUT2D eigenvalue weighted by Crippen LogP contribution is -2.58. The standard InChI is InChI=1S/C22H35N3O3/c1-17(2)15-20(26)24-10-12-25(13-11-24)21(18-7-4-5-8-18)22(27)23(3)16-19-9-6-14-28-19/h6,9,14,17-18,21H,4-5,7-8,10-13,15-16H2,1-3H3. The SMILES string of the molecule is CC(C)CC(=O)N1CCN(C(C(=O)N(C)Cc2ccco2)C2CCCC2)CC1. The second-order valence-corrected chi connectivity index (χ2v) is 8.78. The van der Waals surface area contributed by atoms with Crippen LogP contribution in [-0.2, 0) is 16.1 Å². The number of amides is 2. The molecule has 0 spiro atoms. The van der Waals surface area contributed by atoms with Crippen LogP contribution in [0.1, 0.15) is 51.7 Å². The lowest BCUT2D eigenvalue weighted by molar-refractivity contribution is -0.141. The summed E-state index contributed by atoms with van der Waals surface area (Å²) in [6, 6.07) is 3.69. The molecule has 28 heavy (non-hydrogen) atoms. The van der Waals surface area contributed by atoms with Crippen LogP contribution in [0, 0.1) is 11.8 Å². The van der Waals surface area contributed by atoms with Crippen molar-refractivity contribution in [3.63, 3.8) is 0 Å². The summed E-state index contributed by atoms with van der Waals surface area (Å²) in [4.78, 5) is 31.9. The molecular formula is C22H35N3O3. The van der Waals surface area contributed by atoms with Crippen LogP contribution in [-0.4, -0.2) is 65.8 Å². The molecule has 1 atom stereocenters. The zero-order valence-electron chi connectivity index (χ0n) is 17.6. The molecule has 6 nitrogen and oxygen atoms in total. The quantitative estimate of drug-likeness (QED) is 0.719. The van der Waals surface area contributed by atoms with Crippen molar-refractivity contribution in [3.05, 3.63) is 24.2 Å². The van der Waals surface area contributed by atoms with Crippen molar-refractivity contribution in [2.75, 3.05) is 33.2 Å². The zero-order valence-corrected chi connectivity index (χ0v) is 17.6. The molecule has 1 aromatic heterocycles. The fourth-order valence-electron chi connectivity index (χ4n) is 4.60. The van der Waals surface area contributed by atoms with E-state index in [1.165, 1.54) is 12.8 Å². The number of hydrogen-bond acceptors (Lipinski definition) is 4. The second kappa shape index (κ2) is 9.59. The fourth-order valence-corrected chi connectivity index (χ4v) is 4.60. The van der Waals surface area contributed by atoms with Gasteiger partial charge in [-0.15, -0.1) is 0 Å². The smallest absolute Gasteiger partial charge is 0.240 e. The van der Waals surface area contributed by atoms with Gasteiger partial charge in [-0.25, -0.2) is 0 Å². The summed E-state index contributed by atoms with van der Waals surface area (Å²) in [6.07, 6.45) is 6.92. The van der Waals surface area contributed by atoms with E-state index in [2.05, 4.69) is 18.7 Å². The highest BCUT2D eigenvalue weighted by Crippen LogP contribution is 2.32. The van der Waals surface area contributed by atoms with E-state index in [9.17, 15) is 9.59 Å². The minimum absolute atomic E-state index is 0.0789. The largest absolute Gasteiger partial charge is 0.467 e. The normalized spacial score (nSPS) is 19.9. The summed E-state index contributed by atoms with van der Waals surface area (Å²) in [5.74, 6) is 2.04. The van der Waals surface area contributed by atoms with Crippen molar-refractivity contribution in [1.29, 1.82) is 0 Å². The van der Waals surface area contributed by atoms with E-state index in [0.29, 0.717) is 24.8 Å². The van der Waals surface area contributed by atoms with Gasteiger partial charge < -0.3 is 14.2 Å². The van der Waals surface area contributed by atoms with Crippen molar-refractivity contribution >= 4 is 11.8 Å². The molecule has 1 saturated heterocycles. The first-order valence-electron chi connectivity index (χ1n) is 10.7. The van der Waals surface area contributed by atoms with E-state index in [4.69, 9.17) is 4.42 Å². The minimum Gasteiger partial charge on any atom is -0.467 e. The number of likely N-dealkylation sites (N-methyl/N-ethyl adjacent to an activating group) is 1.